The van der Waals surface area contributed by atoms with Crippen molar-refractivity contribution < 1.29 is 9.63 Å². The summed E-state index contributed by atoms with van der Waals surface area (Å²) < 4.78 is 0. The first-order valence-corrected chi connectivity index (χ1v) is 6.66. The van der Waals surface area contributed by atoms with Crippen LogP contribution in [0.2, 0.25) is 0 Å². The molecule has 3 atom stereocenters. The van der Waals surface area contributed by atoms with Crippen LogP contribution in [0, 0.1) is 23.2 Å². The highest BCUT2D eigenvalue weighted by atomic mass is 16.7. The lowest BCUT2D eigenvalue weighted by atomic mass is 10.0. The van der Waals surface area contributed by atoms with Crippen LogP contribution in [0.5, 0.6) is 0 Å². The molecule has 4 heteroatoms. The molecule has 98 valence electrons. The summed E-state index contributed by atoms with van der Waals surface area (Å²) in [7, 11) is 0. The van der Waals surface area contributed by atoms with Crippen molar-refractivity contribution in [2.45, 2.75) is 25.8 Å². The van der Waals surface area contributed by atoms with E-state index in [0.29, 0.717) is 18.1 Å². The number of benzene rings is 1. The molecule has 4 nitrogen and oxygen atoms in total. The summed E-state index contributed by atoms with van der Waals surface area (Å²) in [5, 5.41) is 10.4. The number of hydrogen-bond acceptors (Lipinski definition) is 3. The highest BCUT2D eigenvalue weighted by molar-refractivity contribution is 5.81. The van der Waals surface area contributed by atoms with E-state index >= 15 is 0 Å². The first kappa shape index (κ1) is 12.2. The van der Waals surface area contributed by atoms with E-state index in [9.17, 15) is 4.79 Å². The molecule has 2 aliphatic rings. The Kier molecular flexibility index (Phi) is 3.00. The Morgan fingerprint density at radius 2 is 2.11 bits per heavy atom. The Morgan fingerprint density at radius 3 is 2.68 bits per heavy atom. The maximum absolute atomic E-state index is 12.3. The molecule has 0 radical (unpaired) electrons. The molecule has 1 aromatic rings. The maximum Gasteiger partial charge on any atom is 0.250 e. The van der Waals surface area contributed by atoms with Gasteiger partial charge in [0.05, 0.1) is 24.3 Å². The van der Waals surface area contributed by atoms with E-state index in [1.54, 1.807) is 17.2 Å². The predicted molar refractivity (Wildman–Crippen MR) is 68.6 cm³/mol. The first-order valence-electron chi connectivity index (χ1n) is 6.66. The van der Waals surface area contributed by atoms with Gasteiger partial charge in [0, 0.05) is 12.3 Å². The van der Waals surface area contributed by atoms with Gasteiger partial charge in [0.15, 0.2) is 0 Å². The zero-order valence-electron chi connectivity index (χ0n) is 10.9. The third kappa shape index (κ3) is 2.22. The van der Waals surface area contributed by atoms with E-state index in [1.165, 1.54) is 0 Å². The molecule has 19 heavy (non-hydrogen) atoms. The Morgan fingerprint density at radius 1 is 1.42 bits per heavy atom. The summed E-state index contributed by atoms with van der Waals surface area (Å²) in [4.78, 5) is 17.8. The van der Waals surface area contributed by atoms with Crippen LogP contribution in [0.25, 0.3) is 0 Å². The first-order chi connectivity index (χ1) is 9.20. The van der Waals surface area contributed by atoms with E-state index < -0.39 is 0 Å². The van der Waals surface area contributed by atoms with Gasteiger partial charge in [-0.3, -0.25) is 9.63 Å². The second-order valence-corrected chi connectivity index (χ2v) is 5.36. The van der Waals surface area contributed by atoms with Crippen LogP contribution in [0.15, 0.2) is 24.3 Å². The van der Waals surface area contributed by atoms with Crippen LogP contribution in [-0.4, -0.2) is 17.6 Å². The average Bonchev–Trinajstić information content (AvgIpc) is 2.98. The lowest BCUT2D eigenvalue weighted by Crippen LogP contribution is -2.31. The molecule has 0 unspecified atom stereocenters. The number of nitriles is 1. The Bertz CT molecular complexity index is 532. The Balaban J connectivity index is 1.78. The largest absolute Gasteiger partial charge is 0.272 e. The summed E-state index contributed by atoms with van der Waals surface area (Å²) in [6, 6.07) is 9.49. The molecule has 1 saturated heterocycles. The summed E-state index contributed by atoms with van der Waals surface area (Å²) in [6.07, 6.45) is 1.79. The molecule has 1 aliphatic heterocycles. The van der Waals surface area contributed by atoms with Gasteiger partial charge in [-0.25, -0.2) is 5.06 Å². The second kappa shape index (κ2) is 4.67. The van der Waals surface area contributed by atoms with E-state index in [1.807, 2.05) is 12.1 Å². The molecule has 3 rings (SSSR count). The van der Waals surface area contributed by atoms with Gasteiger partial charge >= 0.3 is 0 Å². The molecule has 2 fully saturated rings. The molecular formula is C15H16N2O2. The summed E-state index contributed by atoms with van der Waals surface area (Å²) in [5.41, 5.74) is 1.68. The van der Waals surface area contributed by atoms with Gasteiger partial charge in [0.1, 0.15) is 0 Å². The minimum atomic E-state index is -0.00644. The van der Waals surface area contributed by atoms with Gasteiger partial charge in [-0.15, -0.1) is 0 Å². The van der Waals surface area contributed by atoms with Crippen molar-refractivity contribution in [3.63, 3.8) is 0 Å². The molecule has 0 spiro atoms. The summed E-state index contributed by atoms with van der Waals surface area (Å²) in [6.45, 7) is 2.67. The van der Waals surface area contributed by atoms with Crippen molar-refractivity contribution >= 4 is 5.91 Å². The van der Waals surface area contributed by atoms with Crippen LogP contribution < -0.4 is 0 Å². The highest BCUT2D eigenvalue weighted by Gasteiger charge is 2.45. The van der Waals surface area contributed by atoms with Crippen molar-refractivity contribution in [3.8, 4) is 6.07 Å². The highest BCUT2D eigenvalue weighted by Crippen LogP contribution is 2.42. The van der Waals surface area contributed by atoms with Crippen molar-refractivity contribution in [2.75, 3.05) is 6.61 Å². The van der Waals surface area contributed by atoms with Gasteiger partial charge in [0.25, 0.3) is 0 Å². The minimum absolute atomic E-state index is 0.00644. The average molecular weight is 256 g/mol. The minimum Gasteiger partial charge on any atom is -0.272 e. The summed E-state index contributed by atoms with van der Waals surface area (Å²) in [5.74, 6) is 0.733. The lowest BCUT2D eigenvalue weighted by molar-refractivity contribution is -0.179. The Labute approximate surface area is 112 Å². The molecule has 0 bridgehead atoms. The monoisotopic (exact) mass is 256 g/mol. The van der Waals surface area contributed by atoms with Gasteiger partial charge in [-0.05, 0) is 30.0 Å². The van der Waals surface area contributed by atoms with E-state index in [-0.39, 0.29) is 17.9 Å². The lowest BCUT2D eigenvalue weighted by Gasteiger charge is -2.23. The fraction of sp³-hybridized carbons (Fsp3) is 0.467. The van der Waals surface area contributed by atoms with Gasteiger partial charge in [-0.1, -0.05) is 19.1 Å². The fourth-order valence-electron chi connectivity index (χ4n) is 2.60. The van der Waals surface area contributed by atoms with Gasteiger partial charge in [0.2, 0.25) is 5.91 Å². The van der Waals surface area contributed by atoms with Gasteiger partial charge < -0.3 is 0 Å². The van der Waals surface area contributed by atoms with Crippen molar-refractivity contribution in [1.82, 2.24) is 5.06 Å². The normalized spacial score (nSPS) is 29.1. The molecule has 1 amide bonds. The summed E-state index contributed by atoms with van der Waals surface area (Å²) >= 11 is 0. The third-order valence-electron chi connectivity index (χ3n) is 3.97. The number of carbonyl (C=O) groups is 1. The molecule has 1 aromatic carbocycles. The third-order valence-corrected chi connectivity index (χ3v) is 3.97. The molecular weight excluding hydrogens is 240 g/mol. The van der Waals surface area contributed by atoms with E-state index in [4.69, 9.17) is 10.1 Å². The predicted octanol–water partition coefficient (Wildman–Crippen LogP) is 2.42. The molecule has 0 aromatic heterocycles. The van der Waals surface area contributed by atoms with E-state index in [0.717, 1.165) is 18.4 Å². The van der Waals surface area contributed by atoms with E-state index in [2.05, 4.69) is 13.0 Å². The Hall–Kier alpha value is -1.86. The molecule has 0 N–H and O–H groups in total. The van der Waals surface area contributed by atoms with Crippen molar-refractivity contribution in [3.05, 3.63) is 35.4 Å². The maximum atomic E-state index is 12.3. The van der Waals surface area contributed by atoms with Crippen LogP contribution in [0.1, 0.15) is 36.9 Å². The smallest absolute Gasteiger partial charge is 0.250 e. The number of hydroxylamine groups is 2. The van der Waals surface area contributed by atoms with Crippen LogP contribution in [0.4, 0.5) is 0 Å². The number of nitrogens with zero attached hydrogens (tertiary/aromatic N) is 2. The fourth-order valence-corrected chi connectivity index (χ4v) is 2.60. The topological polar surface area (TPSA) is 53.3 Å². The van der Waals surface area contributed by atoms with Crippen LogP contribution >= 0.6 is 0 Å². The zero-order valence-corrected chi connectivity index (χ0v) is 10.9. The quantitative estimate of drug-likeness (QED) is 0.816. The zero-order chi connectivity index (χ0) is 13.4. The number of hydrogen-bond donors (Lipinski definition) is 0. The standard InChI is InChI=1S/C15H16N2O2/c1-10-8-13(10)15(18)17-14(6-7-19-17)12-4-2-11(9-16)3-5-12/h2-5,10,13-14H,6-8H2,1H3/t10-,13-,14+/m1/s1. The van der Waals surface area contributed by atoms with Crippen molar-refractivity contribution in [1.29, 1.82) is 5.26 Å². The van der Waals surface area contributed by atoms with Gasteiger partial charge in [-0.2, -0.15) is 5.26 Å². The number of amides is 1. The molecule has 1 saturated carbocycles. The number of carbonyl (C=O) groups excluding carboxylic acids is 1. The molecule has 1 aliphatic carbocycles. The second-order valence-electron chi connectivity index (χ2n) is 5.36. The number of rotatable bonds is 2. The van der Waals surface area contributed by atoms with Crippen LogP contribution in [-0.2, 0) is 9.63 Å². The molecule has 1 heterocycles. The van der Waals surface area contributed by atoms with Crippen molar-refractivity contribution in [2.24, 2.45) is 11.8 Å². The van der Waals surface area contributed by atoms with Crippen LogP contribution in [0.3, 0.4) is 0 Å². The SMILES string of the molecule is C[C@@H]1C[C@H]1C(=O)N1OCC[C@H]1c1ccc(C#N)cc1.